The molecule has 1 amide bonds. The maximum atomic E-state index is 11.6. The van der Waals surface area contributed by atoms with Crippen LogP contribution in [0.3, 0.4) is 0 Å². The highest BCUT2D eigenvalue weighted by Gasteiger charge is 2.20. The second-order valence-electron chi connectivity index (χ2n) is 4.20. The van der Waals surface area contributed by atoms with Crippen LogP contribution < -0.4 is 5.32 Å². The Hall–Kier alpha value is -1.55. The molecule has 1 N–H and O–H groups in total. The summed E-state index contributed by atoms with van der Waals surface area (Å²) in [5, 5.41) is 4.33. The summed E-state index contributed by atoms with van der Waals surface area (Å²) in [7, 11) is 0. The van der Waals surface area contributed by atoms with Gasteiger partial charge in [0.05, 0.1) is 17.4 Å². The molecule has 1 aromatic heterocycles. The van der Waals surface area contributed by atoms with Gasteiger partial charge in [0.15, 0.2) is 0 Å². The first kappa shape index (κ1) is 10.6. The summed E-state index contributed by atoms with van der Waals surface area (Å²) in [4.78, 5) is 17.1. The molecule has 0 fully saturated rings. The number of aromatic nitrogens is 1. The smallest absolute Gasteiger partial charge is 0.225 e. The van der Waals surface area contributed by atoms with Crippen LogP contribution in [0.1, 0.15) is 13.3 Å². The van der Waals surface area contributed by atoms with Crippen molar-refractivity contribution in [3.05, 3.63) is 30.5 Å². The summed E-state index contributed by atoms with van der Waals surface area (Å²) < 4.78 is 0. The summed E-state index contributed by atoms with van der Waals surface area (Å²) in [6.07, 6.45) is 2.30. The summed E-state index contributed by atoms with van der Waals surface area (Å²) in [5.41, 5.74) is 1.81. The van der Waals surface area contributed by atoms with Crippen LogP contribution >= 0.6 is 11.8 Å². The number of para-hydroxylation sites is 1. The Labute approximate surface area is 104 Å². The van der Waals surface area contributed by atoms with Gasteiger partial charge in [-0.3, -0.25) is 9.78 Å². The van der Waals surface area contributed by atoms with Gasteiger partial charge in [-0.15, -0.1) is 11.8 Å². The molecule has 3 nitrogen and oxygen atoms in total. The summed E-state index contributed by atoms with van der Waals surface area (Å²) >= 11 is 1.74. The Morgan fingerprint density at radius 3 is 3.12 bits per heavy atom. The second-order valence-corrected chi connectivity index (χ2v) is 5.65. The van der Waals surface area contributed by atoms with E-state index in [1.54, 1.807) is 18.0 Å². The van der Waals surface area contributed by atoms with Crippen LogP contribution in [-0.2, 0) is 4.79 Å². The first-order chi connectivity index (χ1) is 8.24. The van der Waals surface area contributed by atoms with Crippen molar-refractivity contribution in [3.63, 3.8) is 0 Å². The average molecular weight is 244 g/mol. The highest BCUT2D eigenvalue weighted by atomic mass is 32.2. The molecular formula is C13H12N2OS. The van der Waals surface area contributed by atoms with Crippen molar-refractivity contribution < 1.29 is 4.79 Å². The zero-order valence-corrected chi connectivity index (χ0v) is 10.3. The molecule has 0 saturated heterocycles. The van der Waals surface area contributed by atoms with E-state index in [0.29, 0.717) is 11.7 Å². The van der Waals surface area contributed by atoms with E-state index in [4.69, 9.17) is 0 Å². The average Bonchev–Trinajstić information content (AvgIpc) is 2.46. The molecule has 0 aliphatic carbocycles. The van der Waals surface area contributed by atoms with Gasteiger partial charge in [0, 0.05) is 22.0 Å². The molecule has 4 heteroatoms. The van der Waals surface area contributed by atoms with Crippen LogP contribution in [0.5, 0.6) is 0 Å². The lowest BCUT2D eigenvalue weighted by Gasteiger charge is -2.10. The minimum absolute atomic E-state index is 0.0702. The normalized spacial score (nSPS) is 19.6. The number of nitrogens with one attached hydrogen (secondary N) is 1. The molecule has 2 aromatic rings. The zero-order chi connectivity index (χ0) is 11.8. The Kier molecular flexibility index (Phi) is 2.52. The molecule has 0 radical (unpaired) electrons. The van der Waals surface area contributed by atoms with E-state index >= 15 is 0 Å². The standard InChI is InChI=1S/C13H12N2OS/c1-8-6-12(16)15-11-7-14-10-5-3-2-4-9(10)13(11)17-8/h2-5,7-8H,6H2,1H3,(H,15,16). The van der Waals surface area contributed by atoms with Gasteiger partial charge in [0.2, 0.25) is 5.91 Å². The van der Waals surface area contributed by atoms with Gasteiger partial charge in [-0.1, -0.05) is 25.1 Å². The number of hydrogen-bond acceptors (Lipinski definition) is 3. The van der Waals surface area contributed by atoms with Crippen molar-refractivity contribution in [2.45, 2.75) is 23.5 Å². The molecule has 1 unspecified atom stereocenters. The van der Waals surface area contributed by atoms with Gasteiger partial charge < -0.3 is 5.32 Å². The monoisotopic (exact) mass is 244 g/mol. The van der Waals surface area contributed by atoms with Crippen LogP contribution in [0, 0.1) is 0 Å². The van der Waals surface area contributed by atoms with Crippen LogP contribution in [0.4, 0.5) is 5.69 Å². The van der Waals surface area contributed by atoms with Crippen molar-refractivity contribution >= 4 is 34.3 Å². The minimum Gasteiger partial charge on any atom is -0.324 e. The molecule has 0 bridgehead atoms. The summed E-state index contributed by atoms with van der Waals surface area (Å²) in [6.45, 7) is 2.08. The predicted octanol–water partition coefficient (Wildman–Crippen LogP) is 3.06. The lowest BCUT2D eigenvalue weighted by atomic mass is 10.2. The van der Waals surface area contributed by atoms with Crippen molar-refractivity contribution in [3.8, 4) is 0 Å². The minimum atomic E-state index is 0.0702. The molecule has 0 spiro atoms. The van der Waals surface area contributed by atoms with E-state index in [1.165, 1.54) is 0 Å². The third-order valence-corrected chi connectivity index (χ3v) is 4.04. The number of rotatable bonds is 0. The lowest BCUT2D eigenvalue weighted by Crippen LogP contribution is -2.13. The van der Waals surface area contributed by atoms with Crippen LogP contribution in [-0.4, -0.2) is 16.1 Å². The maximum absolute atomic E-state index is 11.6. The number of thioether (sulfide) groups is 1. The molecule has 1 aliphatic rings. The summed E-state index contributed by atoms with van der Waals surface area (Å²) in [5.74, 6) is 0.0702. The van der Waals surface area contributed by atoms with Crippen molar-refractivity contribution in [2.75, 3.05) is 5.32 Å². The molecule has 0 saturated carbocycles. The number of carbonyl (C=O) groups excluding carboxylic acids is 1. The number of pyridine rings is 1. The number of carbonyl (C=O) groups is 1. The lowest BCUT2D eigenvalue weighted by molar-refractivity contribution is -0.116. The molecule has 3 rings (SSSR count). The van der Waals surface area contributed by atoms with Crippen LogP contribution in [0.25, 0.3) is 10.9 Å². The first-order valence-electron chi connectivity index (χ1n) is 5.58. The topological polar surface area (TPSA) is 42.0 Å². The Morgan fingerprint density at radius 1 is 1.41 bits per heavy atom. The summed E-state index contributed by atoms with van der Waals surface area (Å²) in [6, 6.07) is 8.03. The largest absolute Gasteiger partial charge is 0.324 e. The zero-order valence-electron chi connectivity index (χ0n) is 9.43. The van der Waals surface area contributed by atoms with E-state index in [-0.39, 0.29) is 5.91 Å². The molecule has 86 valence electrons. The molecule has 1 atom stereocenters. The Balaban J connectivity index is 2.24. The van der Waals surface area contributed by atoms with Gasteiger partial charge in [-0.2, -0.15) is 0 Å². The maximum Gasteiger partial charge on any atom is 0.225 e. The van der Waals surface area contributed by atoms with E-state index in [9.17, 15) is 4.79 Å². The molecule has 1 aromatic carbocycles. The fourth-order valence-corrected chi connectivity index (χ4v) is 3.20. The van der Waals surface area contributed by atoms with Gasteiger partial charge in [0.1, 0.15) is 0 Å². The van der Waals surface area contributed by atoms with Crippen LogP contribution in [0.2, 0.25) is 0 Å². The third-order valence-electron chi connectivity index (χ3n) is 2.79. The number of amides is 1. The van der Waals surface area contributed by atoms with Crippen molar-refractivity contribution in [2.24, 2.45) is 0 Å². The van der Waals surface area contributed by atoms with Gasteiger partial charge >= 0.3 is 0 Å². The molecule has 1 aliphatic heterocycles. The van der Waals surface area contributed by atoms with E-state index in [2.05, 4.69) is 23.3 Å². The quantitative estimate of drug-likeness (QED) is 0.774. The Morgan fingerprint density at radius 2 is 2.24 bits per heavy atom. The van der Waals surface area contributed by atoms with E-state index < -0.39 is 0 Å². The number of nitrogens with zero attached hydrogens (tertiary/aromatic N) is 1. The van der Waals surface area contributed by atoms with Crippen LogP contribution in [0.15, 0.2) is 35.4 Å². The third kappa shape index (κ3) is 1.89. The number of benzene rings is 1. The predicted molar refractivity (Wildman–Crippen MR) is 70.3 cm³/mol. The van der Waals surface area contributed by atoms with Gasteiger partial charge in [0.25, 0.3) is 0 Å². The SMILES string of the molecule is CC1CC(=O)Nc2cnc3ccccc3c2S1. The second kappa shape index (κ2) is 4.04. The first-order valence-corrected chi connectivity index (χ1v) is 6.46. The highest BCUT2D eigenvalue weighted by Crippen LogP contribution is 2.39. The van der Waals surface area contributed by atoms with Crippen molar-refractivity contribution in [1.82, 2.24) is 4.98 Å². The number of anilines is 1. The molecular weight excluding hydrogens is 232 g/mol. The van der Waals surface area contributed by atoms with Gasteiger partial charge in [-0.25, -0.2) is 0 Å². The fourth-order valence-electron chi connectivity index (χ4n) is 2.04. The molecule has 17 heavy (non-hydrogen) atoms. The van der Waals surface area contributed by atoms with Crippen molar-refractivity contribution in [1.29, 1.82) is 0 Å². The fraction of sp³-hybridized carbons (Fsp3) is 0.231. The Bertz CT molecular complexity index is 597. The number of hydrogen-bond donors (Lipinski definition) is 1. The molecule has 2 heterocycles. The van der Waals surface area contributed by atoms with E-state index in [1.807, 2.05) is 18.2 Å². The van der Waals surface area contributed by atoms with Gasteiger partial charge in [-0.05, 0) is 6.07 Å². The highest BCUT2D eigenvalue weighted by molar-refractivity contribution is 8.00. The number of fused-ring (bicyclic) bond motifs is 3. The van der Waals surface area contributed by atoms with E-state index in [0.717, 1.165) is 21.5 Å².